The van der Waals surface area contributed by atoms with Crippen molar-refractivity contribution in [1.29, 1.82) is 0 Å². The van der Waals surface area contributed by atoms with Crippen molar-refractivity contribution >= 4 is 73.9 Å². The van der Waals surface area contributed by atoms with Gasteiger partial charge in [-0.15, -0.1) is 0 Å². The van der Waals surface area contributed by atoms with E-state index in [9.17, 15) is 14.4 Å². The van der Waals surface area contributed by atoms with Crippen LogP contribution in [0.5, 0.6) is 0 Å². The van der Waals surface area contributed by atoms with Crippen LogP contribution in [0.4, 0.5) is 0 Å². The first-order valence-corrected chi connectivity index (χ1v) is 20.3. The quantitative estimate of drug-likeness (QED) is 0.0738. The molecule has 8 aromatic rings. The molecule has 8 heterocycles. The number of aliphatic hydroxyl groups is 1. The summed E-state index contributed by atoms with van der Waals surface area (Å²) >= 11 is 12.1. The highest BCUT2D eigenvalue weighted by Gasteiger charge is 2.31. The molecule has 0 saturated heterocycles. The molecule has 10 rings (SSSR count). The average molecular weight is 840 g/mol. The van der Waals surface area contributed by atoms with Gasteiger partial charge < -0.3 is 19.0 Å². The number of fused-ring (bicyclic) bond motifs is 4. The van der Waals surface area contributed by atoms with Gasteiger partial charge in [-0.1, -0.05) is 30.6 Å². The predicted octanol–water partition coefficient (Wildman–Crippen LogP) is 6.35. The molecule has 306 valence electrons. The van der Waals surface area contributed by atoms with Crippen molar-refractivity contribution in [2.24, 2.45) is 0 Å². The number of nitrogens with zero attached hydrogens (tertiary/aromatic N) is 12. The number of aromatic nitrogens is 12. The maximum atomic E-state index is 13.2. The first-order chi connectivity index (χ1) is 28.3. The van der Waals surface area contributed by atoms with Crippen molar-refractivity contribution in [3.8, 4) is 0 Å². The minimum atomic E-state index is -0.0482. The molecule has 0 spiro atoms. The van der Waals surface area contributed by atoms with Gasteiger partial charge in [-0.25, -0.2) is 29.5 Å². The van der Waals surface area contributed by atoms with Crippen LogP contribution in [0.1, 0.15) is 82.5 Å². The molecule has 59 heavy (non-hydrogen) atoms. The molecule has 0 bridgehead atoms. The van der Waals surface area contributed by atoms with Gasteiger partial charge in [-0.05, 0) is 81.3 Å². The number of carbonyl (C=O) groups is 1. The third-order valence-electron chi connectivity index (χ3n) is 10.8. The zero-order valence-electron chi connectivity index (χ0n) is 31.5. The summed E-state index contributed by atoms with van der Waals surface area (Å²) in [5, 5.41) is 9.91. The molecule has 0 radical (unpaired) electrons. The maximum absolute atomic E-state index is 13.2. The number of aryl methyl sites for hydroxylation is 2. The van der Waals surface area contributed by atoms with Crippen LogP contribution in [0.15, 0.2) is 70.8 Å². The summed E-state index contributed by atoms with van der Waals surface area (Å²) in [5.41, 5.74) is 6.15. The van der Waals surface area contributed by atoms with Crippen LogP contribution < -0.4 is 11.4 Å². The van der Waals surface area contributed by atoms with Crippen LogP contribution in [0.2, 0.25) is 10.3 Å². The topological polar surface area (TPSA) is 178 Å². The number of pyridine rings is 4. The molecule has 0 aliphatic heterocycles. The second-order valence-corrected chi connectivity index (χ2v) is 15.5. The maximum Gasteiger partial charge on any atom is 0.329 e. The van der Waals surface area contributed by atoms with E-state index in [1.807, 2.05) is 38.0 Å². The van der Waals surface area contributed by atoms with Crippen molar-refractivity contribution in [3.63, 3.8) is 0 Å². The number of imidazole rings is 4. The zero-order valence-corrected chi connectivity index (χ0v) is 33.0. The summed E-state index contributed by atoms with van der Waals surface area (Å²) in [4.78, 5) is 63.6. The van der Waals surface area contributed by atoms with Crippen LogP contribution in [0.3, 0.4) is 0 Å². The highest BCUT2D eigenvalue weighted by molar-refractivity contribution is 6.30. The van der Waals surface area contributed by atoms with Gasteiger partial charge >= 0.3 is 11.4 Å². The fourth-order valence-electron chi connectivity index (χ4n) is 7.73. The summed E-state index contributed by atoms with van der Waals surface area (Å²) < 4.78 is 11.3. The summed E-state index contributed by atoms with van der Waals surface area (Å²) in [7, 11) is 0. The van der Waals surface area contributed by atoms with E-state index in [4.69, 9.17) is 28.3 Å². The Morgan fingerprint density at radius 3 is 1.53 bits per heavy atom. The normalized spacial score (nSPS) is 13.9. The largest absolute Gasteiger partial charge is 0.396 e. The third-order valence-corrected chi connectivity index (χ3v) is 11.2. The Hall–Kier alpha value is -5.71. The van der Waals surface area contributed by atoms with Gasteiger partial charge in [0.15, 0.2) is 11.3 Å². The summed E-state index contributed by atoms with van der Waals surface area (Å²) in [6.45, 7) is 2.07. The van der Waals surface area contributed by atoms with Crippen LogP contribution in [0, 0.1) is 0 Å². The van der Waals surface area contributed by atoms with Crippen molar-refractivity contribution in [3.05, 3.63) is 104 Å². The minimum Gasteiger partial charge on any atom is -0.396 e. The SMILES string of the molecule is C.O=CCCCn1c(Cn2c(=O)n(C3CC3)c3ccncc32)nc2nc(Cl)ccc21.O=c1n(Cc2nc3nc(Cl)ccc3n2CCCCO)c2cnccc2n1C1CC1. The van der Waals surface area contributed by atoms with Crippen molar-refractivity contribution in [2.75, 3.05) is 6.61 Å². The van der Waals surface area contributed by atoms with Crippen molar-refractivity contribution < 1.29 is 9.90 Å². The number of rotatable bonds is 14. The minimum absolute atomic E-state index is 0. The zero-order chi connectivity index (χ0) is 39.9. The van der Waals surface area contributed by atoms with Crippen molar-refractivity contribution in [2.45, 2.75) is 97.1 Å². The second kappa shape index (κ2) is 16.9. The Kier molecular flexibility index (Phi) is 11.5. The monoisotopic (exact) mass is 838 g/mol. The van der Waals surface area contributed by atoms with E-state index in [0.717, 1.165) is 77.3 Å². The molecule has 2 aliphatic rings. The Morgan fingerprint density at radius 1 is 0.610 bits per heavy atom. The van der Waals surface area contributed by atoms with Gasteiger partial charge in [0, 0.05) is 50.6 Å². The predicted molar refractivity (Wildman–Crippen MR) is 226 cm³/mol. The molecule has 0 unspecified atom stereocenters. The van der Waals surface area contributed by atoms with E-state index in [2.05, 4.69) is 34.5 Å². The van der Waals surface area contributed by atoms with Crippen LogP contribution in [-0.4, -0.2) is 75.3 Å². The first kappa shape index (κ1) is 40.1. The van der Waals surface area contributed by atoms with E-state index in [1.165, 1.54) is 0 Å². The fraction of sp³-hybridized carbons (Fsp3) is 0.390. The van der Waals surface area contributed by atoms with Gasteiger partial charge in [-0.3, -0.25) is 28.2 Å². The second-order valence-electron chi connectivity index (χ2n) is 14.7. The molecule has 0 atom stereocenters. The highest BCUT2D eigenvalue weighted by atomic mass is 35.5. The molecule has 2 aliphatic carbocycles. The van der Waals surface area contributed by atoms with Crippen molar-refractivity contribution in [1.82, 2.24) is 57.3 Å². The van der Waals surface area contributed by atoms with Crippen LogP contribution >= 0.6 is 23.2 Å². The summed E-state index contributed by atoms with van der Waals surface area (Å²) in [5.74, 6) is 1.45. The number of hydrogen-bond acceptors (Lipinski definition) is 10. The molecule has 8 aromatic heterocycles. The van der Waals surface area contributed by atoms with E-state index in [-0.39, 0.29) is 37.5 Å². The van der Waals surface area contributed by atoms with E-state index in [0.29, 0.717) is 72.9 Å². The Labute approximate surface area is 347 Å². The molecule has 18 heteroatoms. The molecule has 0 amide bonds. The molecular formula is C41H44Cl2N12O4. The van der Waals surface area contributed by atoms with Gasteiger partial charge in [0.1, 0.15) is 28.2 Å². The lowest BCUT2D eigenvalue weighted by Gasteiger charge is -2.09. The lowest BCUT2D eigenvalue weighted by molar-refractivity contribution is -0.107. The number of halogens is 2. The van der Waals surface area contributed by atoms with Gasteiger partial charge in [0.05, 0.1) is 58.6 Å². The van der Waals surface area contributed by atoms with Gasteiger partial charge in [-0.2, -0.15) is 0 Å². The lowest BCUT2D eigenvalue weighted by Crippen LogP contribution is -2.25. The van der Waals surface area contributed by atoms with Crippen LogP contribution in [0.25, 0.3) is 44.4 Å². The summed E-state index contributed by atoms with van der Waals surface area (Å²) in [6, 6.07) is 11.6. The number of aliphatic hydroxyl groups excluding tert-OH is 1. The number of hydrogen-bond donors (Lipinski definition) is 1. The lowest BCUT2D eigenvalue weighted by atomic mass is 10.3. The summed E-state index contributed by atoms with van der Waals surface area (Å²) in [6.07, 6.45) is 14.6. The number of unbranched alkanes of at least 4 members (excludes halogenated alkanes) is 2. The van der Waals surface area contributed by atoms with Crippen LogP contribution in [-0.2, 0) is 31.0 Å². The van der Waals surface area contributed by atoms with Gasteiger partial charge in [0.25, 0.3) is 0 Å². The van der Waals surface area contributed by atoms with E-state index < -0.39 is 0 Å². The molecule has 0 aromatic carbocycles. The molecular weight excluding hydrogens is 795 g/mol. The van der Waals surface area contributed by atoms with E-state index in [1.54, 1.807) is 46.1 Å². The number of carbonyl (C=O) groups excluding carboxylic acids is 1. The molecule has 2 saturated carbocycles. The average Bonchev–Trinajstić information content (AvgIpc) is 4.14. The Bertz CT molecular complexity index is 2930. The standard InChI is InChI=1S/C20H21ClN6O2.C20H19ClN6O2.CH4/c2*21-17-6-5-15-19(23-17)24-18(25(15)9-1-2-10-28)12-26-16-11-22-8-7-14(16)27(20(26)29)13-3-4-13;/h5-8,11,13,28H,1-4,9-10,12H2;5-8,10-11,13H,1-4,9,12H2;1H4. The van der Waals surface area contributed by atoms with Gasteiger partial charge in [0.2, 0.25) is 0 Å². The first-order valence-electron chi connectivity index (χ1n) is 19.5. The Morgan fingerprint density at radius 2 is 1.08 bits per heavy atom. The number of aldehydes is 1. The molecule has 16 nitrogen and oxygen atoms in total. The molecule has 2 fully saturated rings. The Balaban J connectivity index is 0.000000161. The van der Waals surface area contributed by atoms with E-state index >= 15 is 0 Å². The third kappa shape index (κ3) is 7.79. The highest BCUT2D eigenvalue weighted by Crippen LogP contribution is 2.37. The fourth-order valence-corrected chi connectivity index (χ4v) is 8.02. The molecule has 1 N–H and O–H groups in total. The smallest absolute Gasteiger partial charge is 0.329 e.